The average molecular weight is 391 g/mol. The van der Waals surface area contributed by atoms with Gasteiger partial charge in [0.1, 0.15) is 11.5 Å². The molecule has 0 aromatic heterocycles. The molecule has 0 aliphatic rings. The van der Waals surface area contributed by atoms with Crippen LogP contribution in [0.15, 0.2) is 48.5 Å². The quantitative estimate of drug-likeness (QED) is 0.477. The minimum atomic E-state index is 0.721. The first-order valence-corrected chi connectivity index (χ1v) is 10.0. The summed E-state index contributed by atoms with van der Waals surface area (Å²) in [5.74, 6) is 1.94. The summed E-state index contributed by atoms with van der Waals surface area (Å²) in [5.41, 5.74) is 2.36. The molecule has 0 N–H and O–H groups in total. The number of aryl methyl sites for hydroxylation is 2. The van der Waals surface area contributed by atoms with Crippen molar-refractivity contribution in [3.05, 3.63) is 59.7 Å². The predicted molar refractivity (Wildman–Crippen MR) is 118 cm³/mol. The highest BCUT2D eigenvalue weighted by Gasteiger charge is 1.97. The lowest BCUT2D eigenvalue weighted by atomic mass is 10.2. The third kappa shape index (κ3) is 12.4. The first kappa shape index (κ1) is 26.0. The van der Waals surface area contributed by atoms with Crippen LogP contribution in [0.5, 0.6) is 11.5 Å². The molecule has 0 aliphatic carbocycles. The molecule has 0 saturated carbocycles. The van der Waals surface area contributed by atoms with Crippen LogP contribution in [0, 0.1) is 13.8 Å². The lowest BCUT2D eigenvalue weighted by Gasteiger charge is -2.07. The van der Waals surface area contributed by atoms with Gasteiger partial charge in [-0.15, -0.1) is 0 Å². The number of rotatable bonds is 10. The smallest absolute Gasteiger partial charge is 0.122 e. The molecule has 0 radical (unpaired) electrons. The molecule has 28 heavy (non-hydrogen) atoms. The Balaban J connectivity index is 0.000000478. The van der Waals surface area contributed by atoms with Gasteiger partial charge in [0.25, 0.3) is 0 Å². The number of hydrogen-bond acceptors (Lipinski definition) is 4. The van der Waals surface area contributed by atoms with Gasteiger partial charge < -0.3 is 18.9 Å². The molecular formula is C24H38O4. The highest BCUT2D eigenvalue weighted by Crippen LogP contribution is 2.16. The Bertz CT molecular complexity index is 545. The van der Waals surface area contributed by atoms with E-state index >= 15 is 0 Å². The van der Waals surface area contributed by atoms with Crippen LogP contribution in [0.1, 0.15) is 37.8 Å². The summed E-state index contributed by atoms with van der Waals surface area (Å²) in [7, 11) is 3.40. The van der Waals surface area contributed by atoms with Crippen LogP contribution in [0.4, 0.5) is 0 Å². The van der Waals surface area contributed by atoms with E-state index in [2.05, 4.69) is 0 Å². The number of para-hydroxylation sites is 2. The number of methoxy groups -OCH3 is 2. The van der Waals surface area contributed by atoms with Crippen LogP contribution in [-0.2, 0) is 9.47 Å². The second-order valence-corrected chi connectivity index (χ2v) is 5.92. The summed E-state index contributed by atoms with van der Waals surface area (Å²) in [6.45, 7) is 11.0. The molecule has 0 unspecified atom stereocenters. The summed E-state index contributed by atoms with van der Waals surface area (Å²) in [6, 6.07) is 16.1. The van der Waals surface area contributed by atoms with Gasteiger partial charge in [0, 0.05) is 40.3 Å². The normalized spacial score (nSPS) is 9.50. The molecule has 2 rings (SSSR count). The Hall–Kier alpha value is -2.04. The lowest BCUT2D eigenvalue weighted by molar-refractivity contribution is 0.172. The predicted octanol–water partition coefficient (Wildman–Crippen LogP) is 5.85. The second-order valence-electron chi connectivity index (χ2n) is 5.92. The van der Waals surface area contributed by atoms with Crippen molar-refractivity contribution in [2.45, 2.75) is 40.5 Å². The fraction of sp³-hybridized carbons (Fsp3) is 0.500. The zero-order valence-corrected chi connectivity index (χ0v) is 18.5. The first-order chi connectivity index (χ1) is 13.7. The van der Waals surface area contributed by atoms with Gasteiger partial charge in [-0.05, 0) is 37.1 Å². The summed E-state index contributed by atoms with van der Waals surface area (Å²) >= 11 is 0. The standard InChI is InChI=1S/2C11H16O2.C2H6/c2*1-10-6-3-4-7-11(10)13-9-5-8-12-2;1-2/h2*3-4,6-7H,5,8-9H2,1-2H3;1-2H3. The zero-order chi connectivity index (χ0) is 21.0. The molecule has 0 bridgehead atoms. The van der Waals surface area contributed by atoms with E-state index in [1.54, 1.807) is 14.2 Å². The molecule has 0 aliphatic heterocycles. The average Bonchev–Trinajstić information content (AvgIpc) is 2.73. The molecule has 4 nitrogen and oxygen atoms in total. The number of ether oxygens (including phenoxy) is 4. The van der Waals surface area contributed by atoms with Crippen molar-refractivity contribution in [1.82, 2.24) is 0 Å². The Morgan fingerprint density at radius 1 is 0.571 bits per heavy atom. The fourth-order valence-corrected chi connectivity index (χ4v) is 2.21. The van der Waals surface area contributed by atoms with E-state index < -0.39 is 0 Å². The maximum absolute atomic E-state index is 5.56. The molecule has 2 aromatic carbocycles. The summed E-state index contributed by atoms with van der Waals surface area (Å²) in [5, 5.41) is 0. The minimum Gasteiger partial charge on any atom is -0.493 e. The Labute approximate surface area is 171 Å². The van der Waals surface area contributed by atoms with Crippen molar-refractivity contribution in [1.29, 1.82) is 0 Å². The monoisotopic (exact) mass is 390 g/mol. The van der Waals surface area contributed by atoms with Crippen molar-refractivity contribution < 1.29 is 18.9 Å². The van der Waals surface area contributed by atoms with Crippen LogP contribution < -0.4 is 9.47 Å². The van der Waals surface area contributed by atoms with Gasteiger partial charge in [-0.25, -0.2) is 0 Å². The van der Waals surface area contributed by atoms with Gasteiger partial charge >= 0.3 is 0 Å². The maximum atomic E-state index is 5.56. The van der Waals surface area contributed by atoms with E-state index in [1.807, 2.05) is 76.2 Å². The molecule has 0 amide bonds. The third-order valence-corrected chi connectivity index (χ3v) is 3.69. The van der Waals surface area contributed by atoms with Crippen LogP contribution in [0.25, 0.3) is 0 Å². The first-order valence-electron chi connectivity index (χ1n) is 10.0. The molecular weight excluding hydrogens is 352 g/mol. The van der Waals surface area contributed by atoms with Crippen molar-refractivity contribution in [3.63, 3.8) is 0 Å². The van der Waals surface area contributed by atoms with Gasteiger partial charge in [0.2, 0.25) is 0 Å². The van der Waals surface area contributed by atoms with Crippen molar-refractivity contribution in [2.24, 2.45) is 0 Å². The molecule has 158 valence electrons. The largest absolute Gasteiger partial charge is 0.493 e. The van der Waals surface area contributed by atoms with Gasteiger partial charge in [0.05, 0.1) is 13.2 Å². The van der Waals surface area contributed by atoms with E-state index in [-0.39, 0.29) is 0 Å². The molecule has 0 fully saturated rings. The van der Waals surface area contributed by atoms with E-state index in [4.69, 9.17) is 18.9 Å². The van der Waals surface area contributed by atoms with Crippen molar-refractivity contribution in [3.8, 4) is 11.5 Å². The molecule has 2 aromatic rings. The number of benzene rings is 2. The molecule has 0 heterocycles. The second kappa shape index (κ2) is 18.3. The van der Waals surface area contributed by atoms with E-state index in [9.17, 15) is 0 Å². The maximum Gasteiger partial charge on any atom is 0.122 e. The van der Waals surface area contributed by atoms with Gasteiger partial charge in [0.15, 0.2) is 0 Å². The van der Waals surface area contributed by atoms with Gasteiger partial charge in [-0.2, -0.15) is 0 Å². The van der Waals surface area contributed by atoms with Crippen molar-refractivity contribution in [2.75, 3.05) is 40.6 Å². The fourth-order valence-electron chi connectivity index (χ4n) is 2.21. The zero-order valence-electron chi connectivity index (χ0n) is 18.5. The minimum absolute atomic E-state index is 0.721. The van der Waals surface area contributed by atoms with Crippen LogP contribution in [-0.4, -0.2) is 40.6 Å². The molecule has 0 atom stereocenters. The molecule has 0 spiro atoms. The third-order valence-electron chi connectivity index (χ3n) is 3.69. The Kier molecular flexibility index (Phi) is 17.0. The SMILES string of the molecule is CC.COCCCOc1ccccc1C.COCCCOc1ccccc1C. The van der Waals surface area contributed by atoms with E-state index in [0.717, 1.165) is 50.8 Å². The molecule has 0 saturated heterocycles. The van der Waals surface area contributed by atoms with Crippen LogP contribution in [0.3, 0.4) is 0 Å². The van der Waals surface area contributed by atoms with Crippen LogP contribution >= 0.6 is 0 Å². The highest BCUT2D eigenvalue weighted by molar-refractivity contribution is 5.32. The topological polar surface area (TPSA) is 36.9 Å². The summed E-state index contributed by atoms with van der Waals surface area (Å²) in [6.07, 6.45) is 1.87. The van der Waals surface area contributed by atoms with Gasteiger partial charge in [-0.3, -0.25) is 0 Å². The van der Waals surface area contributed by atoms with Crippen molar-refractivity contribution >= 4 is 0 Å². The number of hydrogen-bond donors (Lipinski definition) is 0. The van der Waals surface area contributed by atoms with E-state index in [0.29, 0.717) is 0 Å². The Morgan fingerprint density at radius 2 is 0.929 bits per heavy atom. The highest BCUT2D eigenvalue weighted by atomic mass is 16.5. The van der Waals surface area contributed by atoms with Crippen LogP contribution in [0.2, 0.25) is 0 Å². The Morgan fingerprint density at radius 3 is 1.25 bits per heavy atom. The molecule has 4 heteroatoms. The summed E-state index contributed by atoms with van der Waals surface area (Å²) < 4.78 is 21.0. The van der Waals surface area contributed by atoms with E-state index in [1.165, 1.54) is 11.1 Å². The summed E-state index contributed by atoms with van der Waals surface area (Å²) in [4.78, 5) is 0. The lowest BCUT2D eigenvalue weighted by Crippen LogP contribution is -2.02. The van der Waals surface area contributed by atoms with Gasteiger partial charge in [-0.1, -0.05) is 50.2 Å².